The van der Waals surface area contributed by atoms with Crippen LogP contribution in [0, 0.1) is 3.57 Å². The highest BCUT2D eigenvalue weighted by Crippen LogP contribution is 2.30. The topological polar surface area (TPSA) is 72.3 Å². The molecular formula is C20H19F3IN5O2. The second-order valence-electron chi connectivity index (χ2n) is 7.07. The van der Waals surface area contributed by atoms with Crippen molar-refractivity contribution in [2.45, 2.75) is 19.1 Å². The minimum Gasteiger partial charge on any atom is -0.380 e. The van der Waals surface area contributed by atoms with Crippen molar-refractivity contribution in [2.75, 3.05) is 31.6 Å². The van der Waals surface area contributed by atoms with Gasteiger partial charge in [-0.25, -0.2) is 0 Å². The van der Waals surface area contributed by atoms with E-state index in [0.717, 1.165) is 8.25 Å². The van der Waals surface area contributed by atoms with E-state index < -0.39 is 12.7 Å². The molecular weight excluding hydrogens is 526 g/mol. The van der Waals surface area contributed by atoms with Crippen LogP contribution in [0.2, 0.25) is 0 Å². The van der Waals surface area contributed by atoms with E-state index in [9.17, 15) is 18.0 Å². The van der Waals surface area contributed by atoms with Crippen molar-refractivity contribution in [1.82, 2.24) is 19.7 Å². The molecule has 0 saturated carbocycles. The van der Waals surface area contributed by atoms with Gasteiger partial charge in [-0.3, -0.25) is 14.5 Å². The van der Waals surface area contributed by atoms with Gasteiger partial charge in [0.25, 0.3) is 5.91 Å². The average Bonchev–Trinajstić information content (AvgIpc) is 2.90. The molecule has 1 aliphatic heterocycles. The third-order valence-electron chi connectivity index (χ3n) is 4.82. The quantitative estimate of drug-likeness (QED) is 0.498. The molecule has 1 aliphatic rings. The molecule has 7 nitrogen and oxygen atoms in total. The van der Waals surface area contributed by atoms with Crippen LogP contribution in [-0.2, 0) is 11.3 Å². The Kier molecular flexibility index (Phi) is 6.32. The third kappa shape index (κ3) is 5.09. The summed E-state index contributed by atoms with van der Waals surface area (Å²) in [6.45, 7) is 0.650. The summed E-state index contributed by atoms with van der Waals surface area (Å²) < 4.78 is 46.6. The van der Waals surface area contributed by atoms with Crippen LogP contribution in [0.5, 0.6) is 0 Å². The first-order valence-corrected chi connectivity index (χ1v) is 10.7. The number of carbonyl (C=O) groups is 1. The molecule has 1 saturated heterocycles. The van der Waals surface area contributed by atoms with Gasteiger partial charge in [0.1, 0.15) is 12.2 Å². The summed E-state index contributed by atoms with van der Waals surface area (Å²) in [6.07, 6.45) is -2.37. The second kappa shape index (κ2) is 8.99. The summed E-state index contributed by atoms with van der Waals surface area (Å²) >= 11 is 2.13. The fourth-order valence-corrected chi connectivity index (χ4v) is 3.89. The summed E-state index contributed by atoms with van der Waals surface area (Å²) in [6, 6.07) is 8.74. The molecule has 1 amide bonds. The number of aromatic nitrogens is 3. The molecule has 0 radical (unpaired) electrons. The van der Waals surface area contributed by atoms with Gasteiger partial charge in [0.05, 0.1) is 23.2 Å². The predicted molar refractivity (Wildman–Crippen MR) is 117 cm³/mol. The zero-order chi connectivity index (χ0) is 22.0. The van der Waals surface area contributed by atoms with Crippen LogP contribution in [0.15, 0.2) is 36.5 Å². The molecule has 1 aromatic carbocycles. The number of halogens is 4. The Labute approximate surface area is 189 Å². The number of amides is 1. The number of anilines is 2. The van der Waals surface area contributed by atoms with Crippen molar-refractivity contribution >= 4 is 50.9 Å². The Morgan fingerprint density at radius 3 is 2.81 bits per heavy atom. The second-order valence-corrected chi connectivity index (χ2v) is 8.23. The predicted octanol–water partition coefficient (Wildman–Crippen LogP) is 4.20. The standard InChI is InChI=1S/C20H19F3IN5O2/c21-20(22,23)12-29-17-10-16(19(30)28-6-3-8-31-9-7-28)25-11-13(17)18(27-29)26-15-5-2-1-4-14(15)24/h1-2,4-5,10-11H,3,6-9,12H2,(H,26,27). The lowest BCUT2D eigenvalue weighted by atomic mass is 10.2. The normalized spacial score (nSPS) is 15.2. The largest absolute Gasteiger partial charge is 0.408 e. The monoisotopic (exact) mass is 545 g/mol. The minimum atomic E-state index is -4.47. The number of hydrogen-bond acceptors (Lipinski definition) is 5. The van der Waals surface area contributed by atoms with Crippen LogP contribution in [0.25, 0.3) is 10.9 Å². The van der Waals surface area contributed by atoms with Crippen LogP contribution in [0.4, 0.5) is 24.7 Å². The van der Waals surface area contributed by atoms with Crippen LogP contribution in [0.1, 0.15) is 16.9 Å². The van der Waals surface area contributed by atoms with E-state index in [1.54, 1.807) is 4.90 Å². The van der Waals surface area contributed by atoms with E-state index in [2.05, 4.69) is 38.0 Å². The Morgan fingerprint density at radius 1 is 1.23 bits per heavy atom. The number of alkyl halides is 3. The van der Waals surface area contributed by atoms with E-state index >= 15 is 0 Å². The van der Waals surface area contributed by atoms with E-state index in [0.29, 0.717) is 43.8 Å². The summed E-state index contributed by atoms with van der Waals surface area (Å²) in [7, 11) is 0. The number of rotatable bonds is 4. The van der Waals surface area contributed by atoms with E-state index in [1.807, 2.05) is 24.3 Å². The van der Waals surface area contributed by atoms with E-state index in [1.165, 1.54) is 12.3 Å². The van der Waals surface area contributed by atoms with Gasteiger partial charge >= 0.3 is 6.18 Å². The van der Waals surface area contributed by atoms with Crippen molar-refractivity contribution in [3.05, 3.63) is 45.8 Å². The molecule has 0 unspecified atom stereocenters. The fourth-order valence-electron chi connectivity index (χ4n) is 3.37. The van der Waals surface area contributed by atoms with Gasteiger partial charge in [-0.1, -0.05) is 12.1 Å². The molecule has 0 bridgehead atoms. The lowest BCUT2D eigenvalue weighted by Crippen LogP contribution is -2.33. The molecule has 0 aliphatic carbocycles. The molecule has 164 valence electrons. The van der Waals surface area contributed by atoms with Gasteiger partial charge in [-0.05, 0) is 47.2 Å². The van der Waals surface area contributed by atoms with Crippen molar-refractivity contribution in [3.63, 3.8) is 0 Å². The minimum absolute atomic E-state index is 0.0820. The lowest BCUT2D eigenvalue weighted by molar-refractivity contribution is -0.141. The van der Waals surface area contributed by atoms with Gasteiger partial charge in [0, 0.05) is 29.5 Å². The maximum Gasteiger partial charge on any atom is 0.408 e. The number of nitrogens with zero attached hydrogens (tertiary/aromatic N) is 4. The summed E-state index contributed by atoms with van der Waals surface area (Å²) in [4.78, 5) is 18.7. The molecule has 4 rings (SSSR count). The molecule has 11 heteroatoms. The van der Waals surface area contributed by atoms with Crippen LogP contribution in [0.3, 0.4) is 0 Å². The maximum absolute atomic E-state index is 13.2. The van der Waals surface area contributed by atoms with Crippen molar-refractivity contribution in [1.29, 1.82) is 0 Å². The number of nitrogens with one attached hydrogen (secondary N) is 1. The number of pyridine rings is 1. The van der Waals surface area contributed by atoms with Crippen LogP contribution in [-0.4, -0.2) is 58.1 Å². The molecule has 1 fully saturated rings. The van der Waals surface area contributed by atoms with Crippen LogP contribution >= 0.6 is 22.6 Å². The van der Waals surface area contributed by atoms with Gasteiger partial charge < -0.3 is 15.0 Å². The van der Waals surface area contributed by atoms with E-state index in [-0.39, 0.29) is 22.9 Å². The highest BCUT2D eigenvalue weighted by molar-refractivity contribution is 14.1. The van der Waals surface area contributed by atoms with Crippen molar-refractivity contribution in [3.8, 4) is 0 Å². The Morgan fingerprint density at radius 2 is 2.03 bits per heavy atom. The number of ether oxygens (including phenoxy) is 1. The maximum atomic E-state index is 13.2. The highest BCUT2D eigenvalue weighted by Gasteiger charge is 2.30. The van der Waals surface area contributed by atoms with Gasteiger partial charge in [0.2, 0.25) is 0 Å². The average molecular weight is 545 g/mol. The summed E-state index contributed by atoms with van der Waals surface area (Å²) in [5, 5.41) is 7.62. The number of para-hydroxylation sites is 1. The number of hydrogen-bond donors (Lipinski definition) is 1. The van der Waals surface area contributed by atoms with Gasteiger partial charge in [0.15, 0.2) is 5.82 Å². The molecule has 1 N–H and O–H groups in total. The summed E-state index contributed by atoms with van der Waals surface area (Å²) in [5.74, 6) is -0.0858. The zero-order valence-corrected chi connectivity index (χ0v) is 18.5. The molecule has 0 spiro atoms. The van der Waals surface area contributed by atoms with Crippen molar-refractivity contribution in [2.24, 2.45) is 0 Å². The van der Waals surface area contributed by atoms with Crippen molar-refractivity contribution < 1.29 is 22.7 Å². The summed E-state index contributed by atoms with van der Waals surface area (Å²) in [5.41, 5.74) is 0.986. The Bertz CT molecular complexity index is 1090. The number of carbonyl (C=O) groups excluding carboxylic acids is 1. The third-order valence-corrected chi connectivity index (χ3v) is 5.76. The highest BCUT2D eigenvalue weighted by atomic mass is 127. The van der Waals surface area contributed by atoms with Crippen LogP contribution < -0.4 is 5.32 Å². The molecule has 0 atom stereocenters. The first kappa shape index (κ1) is 21.8. The fraction of sp³-hybridized carbons (Fsp3) is 0.350. The zero-order valence-electron chi connectivity index (χ0n) is 16.3. The van der Waals surface area contributed by atoms with Gasteiger partial charge in [-0.15, -0.1) is 0 Å². The Balaban J connectivity index is 1.73. The molecule has 3 aromatic rings. The van der Waals surface area contributed by atoms with E-state index in [4.69, 9.17) is 4.74 Å². The molecule has 2 aromatic heterocycles. The smallest absolute Gasteiger partial charge is 0.380 e. The molecule has 31 heavy (non-hydrogen) atoms. The number of benzene rings is 1. The number of fused-ring (bicyclic) bond motifs is 1. The first-order chi connectivity index (χ1) is 14.8. The lowest BCUT2D eigenvalue weighted by Gasteiger charge is -2.19. The SMILES string of the molecule is O=C(c1cc2c(cn1)c(Nc1ccccc1I)nn2CC(F)(F)F)N1CCCOCC1. The molecule has 3 heterocycles. The Hall–Kier alpha value is -2.41. The first-order valence-electron chi connectivity index (χ1n) is 9.64. The van der Waals surface area contributed by atoms with Gasteiger partial charge in [-0.2, -0.15) is 18.3 Å².